The minimum Gasteiger partial charge on any atom is -0.622 e. The lowest BCUT2D eigenvalue weighted by Gasteiger charge is -2.27. The smallest absolute Gasteiger partial charge is 0.401 e. The molecule has 1 aliphatic heterocycles. The number of esters is 1. The van der Waals surface area contributed by atoms with Crippen molar-refractivity contribution in [2.75, 3.05) is 7.11 Å². The van der Waals surface area contributed by atoms with Gasteiger partial charge in [-0.15, -0.1) is 5.21 Å². The van der Waals surface area contributed by atoms with Crippen LogP contribution in [0.2, 0.25) is 0 Å². The Kier molecular flexibility index (Phi) is 2.53. The van der Waals surface area contributed by atoms with Gasteiger partial charge in [-0.25, -0.2) is 4.79 Å². The maximum atomic E-state index is 11.8. The lowest BCUT2D eigenvalue weighted by atomic mass is 9.99. The van der Waals surface area contributed by atoms with E-state index in [9.17, 15) is 15.2 Å². The van der Waals surface area contributed by atoms with Crippen molar-refractivity contribution in [3.05, 3.63) is 5.21 Å². The quantitative estimate of drug-likeness (QED) is 0.358. The zero-order chi connectivity index (χ0) is 12.0. The van der Waals surface area contributed by atoms with Crippen LogP contribution >= 0.6 is 0 Å². The summed E-state index contributed by atoms with van der Waals surface area (Å²) in [7, 11) is 1.18. The van der Waals surface area contributed by atoms with Crippen molar-refractivity contribution in [3.8, 4) is 0 Å². The molecule has 1 rings (SSSR count). The predicted octanol–water partition coefficient (Wildman–Crippen LogP) is 0.286. The van der Waals surface area contributed by atoms with Gasteiger partial charge < -0.3 is 9.94 Å². The second kappa shape index (κ2) is 3.18. The van der Waals surface area contributed by atoms with Crippen LogP contribution in [0.25, 0.3) is 0 Å². The van der Waals surface area contributed by atoms with E-state index in [1.54, 1.807) is 0 Å². The van der Waals surface area contributed by atoms with E-state index in [4.69, 9.17) is 0 Å². The van der Waals surface area contributed by atoms with E-state index in [1.165, 1.54) is 34.8 Å². The Morgan fingerprint density at radius 1 is 1.40 bits per heavy atom. The molecule has 0 aromatic heterocycles. The molecule has 0 fully saturated rings. The first kappa shape index (κ1) is 11.9. The number of carbonyl (C=O) groups is 1. The van der Waals surface area contributed by atoms with Gasteiger partial charge in [0.15, 0.2) is 0 Å². The van der Waals surface area contributed by atoms with Crippen molar-refractivity contribution in [1.82, 2.24) is 5.06 Å². The van der Waals surface area contributed by atoms with Gasteiger partial charge in [0.05, 0.1) is 7.11 Å². The average Bonchev–Trinajstić information content (AvgIpc) is 2.25. The van der Waals surface area contributed by atoms with E-state index in [0.29, 0.717) is 9.80 Å². The second-order valence-electron chi connectivity index (χ2n) is 4.48. The molecule has 0 aromatic carbocycles. The minimum absolute atomic E-state index is 0.162. The molecular weight excluding hydrogens is 200 g/mol. The summed E-state index contributed by atoms with van der Waals surface area (Å²) in [4.78, 5) is 11.4. The van der Waals surface area contributed by atoms with E-state index in [1.807, 2.05) is 0 Å². The fourth-order valence-corrected chi connectivity index (χ4v) is 1.81. The summed E-state index contributed by atoms with van der Waals surface area (Å²) in [6.07, 6.45) is 0. The average molecular weight is 215 g/mol. The zero-order valence-electron chi connectivity index (χ0n) is 9.53. The van der Waals surface area contributed by atoms with Gasteiger partial charge in [0.25, 0.3) is 5.71 Å². The highest BCUT2D eigenvalue weighted by Crippen LogP contribution is 2.32. The van der Waals surface area contributed by atoms with Gasteiger partial charge in [-0.05, 0) is 13.8 Å². The Hall–Kier alpha value is -1.14. The van der Waals surface area contributed by atoms with Crippen LogP contribution in [0.1, 0.15) is 27.7 Å². The molecule has 0 spiro atoms. The molecule has 85 valence electrons. The molecule has 0 unspecified atom stereocenters. The summed E-state index contributed by atoms with van der Waals surface area (Å²) in [6.45, 7) is 5.97. The number of ether oxygens (including phenoxy) is 1. The van der Waals surface area contributed by atoms with E-state index >= 15 is 0 Å². The first-order valence-electron chi connectivity index (χ1n) is 4.58. The molecule has 0 N–H and O–H groups in total. The molecule has 0 atom stereocenters. The molecule has 1 heterocycles. The molecular formula is C9H15N2O4. The number of carbonyl (C=O) groups excluding carboxylic acids is 1. The summed E-state index contributed by atoms with van der Waals surface area (Å²) < 4.78 is 4.92. The first-order chi connectivity index (χ1) is 6.67. The normalized spacial score (nSPS) is 24.4. The number of hydrogen-bond acceptors (Lipinski definition) is 4. The third kappa shape index (κ3) is 1.40. The van der Waals surface area contributed by atoms with Crippen LogP contribution in [-0.4, -0.2) is 39.8 Å². The van der Waals surface area contributed by atoms with Crippen molar-refractivity contribution in [2.24, 2.45) is 0 Å². The summed E-state index contributed by atoms with van der Waals surface area (Å²) >= 11 is 0. The standard InChI is InChI=1S/C9H15N2O4/c1-8(2)6(7(12)15-5)10(13)9(3,4)11(8)14/h1-5H3. The Labute approximate surface area is 88.3 Å². The van der Waals surface area contributed by atoms with E-state index in [-0.39, 0.29) is 5.71 Å². The summed E-state index contributed by atoms with van der Waals surface area (Å²) in [5, 5.41) is 24.2. The molecule has 1 aliphatic rings. The van der Waals surface area contributed by atoms with E-state index < -0.39 is 17.2 Å². The van der Waals surface area contributed by atoms with Crippen LogP contribution in [0.4, 0.5) is 0 Å². The molecule has 0 bridgehead atoms. The van der Waals surface area contributed by atoms with Crippen molar-refractivity contribution < 1.29 is 19.5 Å². The highest BCUT2D eigenvalue weighted by molar-refractivity contribution is 6.38. The Morgan fingerprint density at radius 2 is 1.87 bits per heavy atom. The fraction of sp³-hybridized carbons (Fsp3) is 0.778. The van der Waals surface area contributed by atoms with Crippen LogP contribution < -0.4 is 0 Å². The molecule has 6 nitrogen and oxygen atoms in total. The molecule has 0 amide bonds. The lowest BCUT2D eigenvalue weighted by molar-refractivity contribution is -0.586. The number of hydroxylamine groups is 3. The maximum Gasteiger partial charge on any atom is 0.401 e. The van der Waals surface area contributed by atoms with Gasteiger partial charge in [-0.2, -0.15) is 4.74 Å². The third-order valence-corrected chi connectivity index (χ3v) is 2.66. The highest BCUT2D eigenvalue weighted by Gasteiger charge is 2.60. The molecule has 6 heteroatoms. The Morgan fingerprint density at radius 3 is 2.13 bits per heavy atom. The Bertz CT molecular complexity index is 333. The van der Waals surface area contributed by atoms with Gasteiger partial charge in [-0.3, -0.25) is 0 Å². The molecule has 0 saturated carbocycles. The van der Waals surface area contributed by atoms with Crippen molar-refractivity contribution in [2.45, 2.75) is 38.9 Å². The highest BCUT2D eigenvalue weighted by atomic mass is 16.6. The van der Waals surface area contributed by atoms with Gasteiger partial charge in [-0.1, -0.05) is 5.06 Å². The van der Waals surface area contributed by atoms with Crippen molar-refractivity contribution in [1.29, 1.82) is 0 Å². The SMILES string of the molecule is COC(=O)C1=[N+]([O-])C(C)(C)N([O])C1(C)C. The fourth-order valence-electron chi connectivity index (χ4n) is 1.81. The summed E-state index contributed by atoms with van der Waals surface area (Å²) in [5.74, 6) is -0.763. The van der Waals surface area contributed by atoms with E-state index in [2.05, 4.69) is 4.74 Å². The van der Waals surface area contributed by atoms with Crippen LogP contribution in [0.15, 0.2) is 0 Å². The largest absolute Gasteiger partial charge is 0.622 e. The number of hydrogen-bond donors (Lipinski definition) is 0. The predicted molar refractivity (Wildman–Crippen MR) is 51.3 cm³/mol. The molecule has 15 heavy (non-hydrogen) atoms. The number of rotatable bonds is 1. The molecule has 0 saturated heterocycles. The summed E-state index contributed by atoms with van der Waals surface area (Å²) in [5.41, 5.74) is -2.62. The monoisotopic (exact) mass is 215 g/mol. The number of methoxy groups -OCH3 is 1. The Balaban J connectivity index is 3.33. The maximum absolute atomic E-state index is 11.8. The lowest BCUT2D eigenvalue weighted by Crippen LogP contribution is -2.51. The second-order valence-corrected chi connectivity index (χ2v) is 4.48. The van der Waals surface area contributed by atoms with Crippen molar-refractivity contribution in [3.63, 3.8) is 0 Å². The van der Waals surface area contributed by atoms with Crippen LogP contribution in [0.3, 0.4) is 0 Å². The first-order valence-corrected chi connectivity index (χ1v) is 4.58. The molecule has 1 radical (unpaired) electrons. The number of nitrogens with zero attached hydrogens (tertiary/aromatic N) is 2. The van der Waals surface area contributed by atoms with Gasteiger partial charge in [0.2, 0.25) is 5.66 Å². The van der Waals surface area contributed by atoms with Crippen LogP contribution in [-0.2, 0) is 14.7 Å². The topological polar surface area (TPSA) is 75.5 Å². The summed E-state index contributed by atoms with van der Waals surface area (Å²) in [6, 6.07) is 0. The van der Waals surface area contributed by atoms with Crippen LogP contribution in [0.5, 0.6) is 0 Å². The van der Waals surface area contributed by atoms with Crippen LogP contribution in [0, 0.1) is 5.21 Å². The van der Waals surface area contributed by atoms with E-state index in [0.717, 1.165) is 0 Å². The van der Waals surface area contributed by atoms with Crippen molar-refractivity contribution >= 4 is 11.7 Å². The van der Waals surface area contributed by atoms with Gasteiger partial charge >= 0.3 is 5.97 Å². The van der Waals surface area contributed by atoms with Gasteiger partial charge in [0, 0.05) is 13.8 Å². The molecule has 0 aliphatic carbocycles. The van der Waals surface area contributed by atoms with Gasteiger partial charge in [0.1, 0.15) is 5.54 Å². The zero-order valence-corrected chi connectivity index (χ0v) is 9.53. The molecule has 0 aromatic rings. The third-order valence-electron chi connectivity index (χ3n) is 2.66. The minimum atomic E-state index is -1.28.